The lowest BCUT2D eigenvalue weighted by molar-refractivity contribution is -0.0729. The second kappa shape index (κ2) is 11.2. The normalized spacial score (nSPS) is 27.5. The molecule has 124 valence electrons. The van der Waals surface area contributed by atoms with Crippen LogP contribution in [0.4, 0.5) is 0 Å². The largest absolute Gasteiger partial charge is 0.394 e. The van der Waals surface area contributed by atoms with E-state index in [1.807, 2.05) is 0 Å². The summed E-state index contributed by atoms with van der Waals surface area (Å²) in [5, 5.41) is 28.3. The van der Waals surface area contributed by atoms with Crippen molar-refractivity contribution in [1.29, 1.82) is 0 Å². The highest BCUT2D eigenvalue weighted by molar-refractivity contribution is 4.89. The zero-order chi connectivity index (χ0) is 15.5. The van der Waals surface area contributed by atoms with E-state index in [1.54, 1.807) is 0 Å². The lowest BCUT2D eigenvalue weighted by Crippen LogP contribution is -2.41. The third-order valence-electron chi connectivity index (χ3n) is 3.72. The van der Waals surface area contributed by atoms with Crippen molar-refractivity contribution in [3.63, 3.8) is 0 Å². The summed E-state index contributed by atoms with van der Waals surface area (Å²) in [6.07, 6.45) is 8.11. The third-order valence-corrected chi connectivity index (χ3v) is 3.72. The van der Waals surface area contributed by atoms with Crippen molar-refractivity contribution in [3.05, 3.63) is 12.2 Å². The van der Waals surface area contributed by atoms with E-state index >= 15 is 0 Å². The van der Waals surface area contributed by atoms with Crippen LogP contribution in [0, 0.1) is 0 Å². The monoisotopic (exact) mass is 302 g/mol. The zero-order valence-corrected chi connectivity index (χ0v) is 13.0. The molecule has 0 aromatic heterocycles. The van der Waals surface area contributed by atoms with Gasteiger partial charge in [0.2, 0.25) is 0 Å². The van der Waals surface area contributed by atoms with Crippen molar-refractivity contribution in [2.24, 2.45) is 0 Å². The lowest BCUT2D eigenvalue weighted by Gasteiger charge is -2.20. The molecule has 0 spiro atoms. The molecule has 3 N–H and O–H groups in total. The number of unbranched alkanes of at least 4 members (excludes halogenated alkanes) is 4. The molecule has 0 bridgehead atoms. The molecular weight excluding hydrogens is 272 g/mol. The Hall–Kier alpha value is -0.460. The molecule has 0 aromatic carbocycles. The number of rotatable bonds is 11. The van der Waals surface area contributed by atoms with Crippen LogP contribution in [-0.4, -0.2) is 59.6 Å². The average Bonchev–Trinajstić information content (AvgIpc) is 2.86. The van der Waals surface area contributed by atoms with Crippen LogP contribution in [0.3, 0.4) is 0 Å². The Kier molecular flexibility index (Phi) is 9.87. The number of aliphatic hydroxyl groups is 3. The molecule has 1 rings (SSSR count). The van der Waals surface area contributed by atoms with Gasteiger partial charge in [0.05, 0.1) is 13.2 Å². The first kappa shape index (κ1) is 18.6. The van der Waals surface area contributed by atoms with Crippen LogP contribution in [0.2, 0.25) is 0 Å². The number of hydrogen-bond acceptors (Lipinski definition) is 5. The molecule has 0 aliphatic carbocycles. The second-order valence-corrected chi connectivity index (χ2v) is 5.56. The van der Waals surface area contributed by atoms with Gasteiger partial charge in [0.1, 0.15) is 24.4 Å². The van der Waals surface area contributed by atoms with E-state index in [2.05, 4.69) is 19.1 Å². The smallest absolute Gasteiger partial charge is 0.114 e. The molecule has 1 heterocycles. The molecular formula is C16H30O5. The van der Waals surface area contributed by atoms with E-state index in [0.717, 1.165) is 19.3 Å². The summed E-state index contributed by atoms with van der Waals surface area (Å²) in [6, 6.07) is 0. The first-order valence-electron chi connectivity index (χ1n) is 8.05. The third kappa shape index (κ3) is 6.89. The summed E-state index contributed by atoms with van der Waals surface area (Å²) in [4.78, 5) is 0. The highest BCUT2D eigenvalue weighted by atomic mass is 16.6. The van der Waals surface area contributed by atoms with Crippen molar-refractivity contribution < 1.29 is 24.8 Å². The summed E-state index contributed by atoms with van der Waals surface area (Å²) in [7, 11) is 0. The fraction of sp³-hybridized carbons (Fsp3) is 0.875. The van der Waals surface area contributed by atoms with Crippen LogP contribution < -0.4 is 0 Å². The van der Waals surface area contributed by atoms with Gasteiger partial charge in [-0.1, -0.05) is 31.9 Å². The quantitative estimate of drug-likeness (QED) is 0.397. The Labute approximate surface area is 127 Å². The maximum absolute atomic E-state index is 9.94. The molecule has 1 saturated heterocycles. The van der Waals surface area contributed by atoms with Crippen molar-refractivity contribution in [3.8, 4) is 0 Å². The standard InChI is InChI=1S/C16H30O5/c1-2-3-4-5-6-7-8-9-10-20-14-12-21-16(15(14)19)13(18)11-17/h6-7,13-19H,2-5,8-12H2,1H3/b7-6+/t13-,14+,15+,16+/m1/s1. The van der Waals surface area contributed by atoms with Gasteiger partial charge >= 0.3 is 0 Å². The van der Waals surface area contributed by atoms with E-state index in [9.17, 15) is 10.2 Å². The number of hydrogen-bond donors (Lipinski definition) is 3. The predicted octanol–water partition coefficient (Wildman–Crippen LogP) is 1.40. The van der Waals surface area contributed by atoms with Crippen LogP contribution in [0.25, 0.3) is 0 Å². The van der Waals surface area contributed by atoms with Gasteiger partial charge in [-0.2, -0.15) is 0 Å². The highest BCUT2D eigenvalue weighted by Gasteiger charge is 2.40. The van der Waals surface area contributed by atoms with Gasteiger partial charge in [-0.15, -0.1) is 0 Å². The van der Waals surface area contributed by atoms with E-state index in [1.165, 1.54) is 19.3 Å². The molecule has 0 radical (unpaired) electrons. The van der Waals surface area contributed by atoms with E-state index < -0.39 is 31.0 Å². The van der Waals surface area contributed by atoms with Crippen LogP contribution in [-0.2, 0) is 9.47 Å². The molecule has 5 heteroatoms. The first-order valence-corrected chi connectivity index (χ1v) is 8.05. The van der Waals surface area contributed by atoms with Crippen LogP contribution in [0.5, 0.6) is 0 Å². The lowest BCUT2D eigenvalue weighted by atomic mass is 10.1. The molecule has 5 nitrogen and oxygen atoms in total. The minimum atomic E-state index is -1.06. The first-order chi connectivity index (χ1) is 10.2. The maximum Gasteiger partial charge on any atom is 0.114 e. The Balaban J connectivity index is 2.06. The summed E-state index contributed by atoms with van der Waals surface area (Å²) in [6.45, 7) is 2.60. The van der Waals surface area contributed by atoms with Crippen molar-refractivity contribution in [1.82, 2.24) is 0 Å². The van der Waals surface area contributed by atoms with Gasteiger partial charge in [0.15, 0.2) is 0 Å². The van der Waals surface area contributed by atoms with E-state index in [0.29, 0.717) is 6.61 Å². The van der Waals surface area contributed by atoms with Crippen molar-refractivity contribution in [2.45, 2.75) is 69.9 Å². The van der Waals surface area contributed by atoms with Crippen molar-refractivity contribution in [2.75, 3.05) is 19.8 Å². The fourth-order valence-corrected chi connectivity index (χ4v) is 2.39. The van der Waals surface area contributed by atoms with E-state index in [-0.39, 0.29) is 6.61 Å². The molecule has 1 aliphatic rings. The zero-order valence-electron chi connectivity index (χ0n) is 13.0. The Morgan fingerprint density at radius 1 is 1.24 bits per heavy atom. The van der Waals surface area contributed by atoms with Gasteiger partial charge < -0.3 is 24.8 Å². The summed E-state index contributed by atoms with van der Waals surface area (Å²) in [5.74, 6) is 0. The number of aliphatic hydroxyl groups excluding tert-OH is 3. The van der Waals surface area contributed by atoms with Crippen LogP contribution in [0.1, 0.15) is 45.4 Å². The van der Waals surface area contributed by atoms with Gasteiger partial charge in [0, 0.05) is 6.61 Å². The fourth-order valence-electron chi connectivity index (χ4n) is 2.39. The minimum absolute atomic E-state index is 0.260. The van der Waals surface area contributed by atoms with Gasteiger partial charge in [-0.3, -0.25) is 0 Å². The summed E-state index contributed by atoms with van der Waals surface area (Å²) in [5.41, 5.74) is 0. The molecule has 0 saturated carbocycles. The summed E-state index contributed by atoms with van der Waals surface area (Å²) >= 11 is 0. The van der Waals surface area contributed by atoms with Crippen LogP contribution >= 0.6 is 0 Å². The van der Waals surface area contributed by atoms with Gasteiger partial charge in [-0.05, 0) is 25.7 Å². The van der Waals surface area contributed by atoms with E-state index in [4.69, 9.17) is 14.6 Å². The molecule has 0 unspecified atom stereocenters. The average molecular weight is 302 g/mol. The number of allylic oxidation sites excluding steroid dienone is 2. The predicted molar refractivity (Wildman–Crippen MR) is 81.1 cm³/mol. The maximum atomic E-state index is 9.94. The highest BCUT2D eigenvalue weighted by Crippen LogP contribution is 2.20. The molecule has 0 aromatic rings. The van der Waals surface area contributed by atoms with Crippen molar-refractivity contribution >= 4 is 0 Å². The Bertz CT molecular complexity index is 282. The molecule has 1 aliphatic heterocycles. The summed E-state index contributed by atoms with van der Waals surface area (Å²) < 4.78 is 10.8. The molecule has 1 fully saturated rings. The van der Waals surface area contributed by atoms with Gasteiger partial charge in [0.25, 0.3) is 0 Å². The van der Waals surface area contributed by atoms with Gasteiger partial charge in [-0.25, -0.2) is 0 Å². The number of ether oxygens (including phenoxy) is 2. The molecule has 0 amide bonds. The van der Waals surface area contributed by atoms with Crippen LogP contribution in [0.15, 0.2) is 12.2 Å². The SMILES string of the molecule is CCCCC/C=C/CCCO[C@H]1CO[C@@H]([C@H](O)CO)[C@H]1O. The minimum Gasteiger partial charge on any atom is -0.394 e. The topological polar surface area (TPSA) is 79.2 Å². The molecule has 4 atom stereocenters. The second-order valence-electron chi connectivity index (χ2n) is 5.56. The Morgan fingerprint density at radius 2 is 1.95 bits per heavy atom. The Morgan fingerprint density at radius 3 is 2.62 bits per heavy atom. The molecule has 21 heavy (non-hydrogen) atoms.